The minimum Gasteiger partial charge on any atom is -0.482 e. The van der Waals surface area contributed by atoms with Crippen LogP contribution in [0.2, 0.25) is 0 Å². The van der Waals surface area contributed by atoms with Crippen LogP contribution in [0, 0.1) is 5.92 Å². The van der Waals surface area contributed by atoms with E-state index in [9.17, 15) is 19.5 Å². The quantitative estimate of drug-likeness (QED) is 0.394. The van der Waals surface area contributed by atoms with Crippen LogP contribution in [0.5, 0.6) is 0 Å². The fourth-order valence-corrected chi connectivity index (χ4v) is 4.60. The van der Waals surface area contributed by atoms with Crippen LogP contribution in [0.3, 0.4) is 0 Å². The molecule has 2 aliphatic rings. The van der Waals surface area contributed by atoms with Crippen LogP contribution >= 0.6 is 0 Å². The highest BCUT2D eigenvalue weighted by Crippen LogP contribution is 2.34. The summed E-state index contributed by atoms with van der Waals surface area (Å²) in [6, 6.07) is 18.4. The van der Waals surface area contributed by atoms with Crippen molar-refractivity contribution in [3.8, 4) is 0 Å². The molecule has 0 saturated carbocycles. The van der Waals surface area contributed by atoms with E-state index in [0.29, 0.717) is 25.4 Å². The molecule has 40 heavy (non-hydrogen) atoms. The monoisotopic (exact) mass is 549 g/mol. The lowest BCUT2D eigenvalue weighted by Crippen LogP contribution is -2.47. The fraction of sp³-hybridized carbons (Fsp3) is 0.387. The van der Waals surface area contributed by atoms with E-state index in [0.717, 1.165) is 16.0 Å². The lowest BCUT2D eigenvalue weighted by Gasteiger charge is -2.28. The molecule has 1 fully saturated rings. The van der Waals surface area contributed by atoms with Gasteiger partial charge in [-0.15, -0.1) is 0 Å². The summed E-state index contributed by atoms with van der Waals surface area (Å²) >= 11 is 0. The number of ketones is 1. The van der Waals surface area contributed by atoms with E-state index in [1.807, 2.05) is 60.7 Å². The number of ether oxygens (including phenoxy) is 4. The van der Waals surface area contributed by atoms with Crippen molar-refractivity contribution in [3.05, 3.63) is 95.8 Å². The molecule has 2 heterocycles. The van der Waals surface area contributed by atoms with Gasteiger partial charge in [0.25, 0.3) is 0 Å². The van der Waals surface area contributed by atoms with Crippen molar-refractivity contribution in [1.82, 2.24) is 4.90 Å². The minimum absolute atomic E-state index is 0.162. The summed E-state index contributed by atoms with van der Waals surface area (Å²) in [5, 5.41) is 9.56. The molecule has 2 amide bonds. The number of aliphatic hydroxyl groups excluding tert-OH is 1. The molecule has 0 radical (unpaired) electrons. The Hall–Kier alpha value is -3.79. The molecule has 2 aromatic carbocycles. The lowest BCUT2D eigenvalue weighted by molar-refractivity contribution is -0.142. The van der Waals surface area contributed by atoms with Gasteiger partial charge >= 0.3 is 6.09 Å². The van der Waals surface area contributed by atoms with Crippen molar-refractivity contribution >= 4 is 17.8 Å². The van der Waals surface area contributed by atoms with Gasteiger partial charge in [-0.05, 0) is 49.6 Å². The molecule has 0 bridgehead atoms. The zero-order valence-electron chi connectivity index (χ0n) is 22.7. The number of benzene rings is 2. The number of carbonyl (C=O) groups is 3. The molecule has 1 N–H and O–H groups in total. The standard InChI is InChI=1S/C31H35NO8/c1-21(30(35)32-22(2)29(40-31(32)36)24-12-7-4-8-13-24)28-27(34)16-15-25(39-28)14-9-17-37-20-26(18-33)38-19-23-10-5-3-6-11-23/h3-8,10-16,21-22,26,28-29,33H,9,17-20H2,1-2H3/t21-,22-,26+,28+,29-/m0/s1. The highest BCUT2D eigenvalue weighted by molar-refractivity contribution is 6.01. The first-order chi connectivity index (χ1) is 19.4. The highest BCUT2D eigenvalue weighted by Gasteiger charge is 2.47. The van der Waals surface area contributed by atoms with Gasteiger partial charge in [-0.1, -0.05) is 60.7 Å². The van der Waals surface area contributed by atoms with Crippen molar-refractivity contribution in [1.29, 1.82) is 0 Å². The largest absolute Gasteiger partial charge is 0.482 e. The predicted molar refractivity (Wildman–Crippen MR) is 146 cm³/mol. The van der Waals surface area contributed by atoms with Gasteiger partial charge in [0, 0.05) is 0 Å². The van der Waals surface area contributed by atoms with Crippen molar-refractivity contribution in [2.24, 2.45) is 5.92 Å². The van der Waals surface area contributed by atoms with Gasteiger partial charge in [0.15, 0.2) is 11.9 Å². The molecule has 5 atom stereocenters. The number of rotatable bonds is 12. The topological polar surface area (TPSA) is 112 Å². The van der Waals surface area contributed by atoms with Crippen LogP contribution in [0.1, 0.15) is 37.5 Å². The third-order valence-electron chi connectivity index (χ3n) is 6.88. The van der Waals surface area contributed by atoms with Crippen LogP contribution in [0.15, 0.2) is 84.7 Å². The molecular formula is C31H35NO8. The first-order valence-electron chi connectivity index (χ1n) is 13.4. The van der Waals surface area contributed by atoms with E-state index in [1.54, 1.807) is 26.0 Å². The van der Waals surface area contributed by atoms with Crippen LogP contribution in [-0.2, 0) is 35.1 Å². The van der Waals surface area contributed by atoms with Crippen molar-refractivity contribution < 1.29 is 38.4 Å². The van der Waals surface area contributed by atoms with E-state index in [4.69, 9.17) is 18.9 Å². The molecular weight excluding hydrogens is 514 g/mol. The van der Waals surface area contributed by atoms with E-state index in [2.05, 4.69) is 0 Å². The number of carbonyl (C=O) groups excluding carboxylic acids is 3. The summed E-state index contributed by atoms with van der Waals surface area (Å²) in [6.45, 7) is 4.11. The Labute approximate surface area is 234 Å². The molecule has 4 rings (SSSR count). The molecule has 2 aliphatic heterocycles. The Morgan fingerprint density at radius 3 is 2.45 bits per heavy atom. The molecule has 0 spiro atoms. The summed E-state index contributed by atoms with van der Waals surface area (Å²) < 4.78 is 22.7. The van der Waals surface area contributed by atoms with Crippen LogP contribution in [0.4, 0.5) is 4.79 Å². The smallest absolute Gasteiger partial charge is 0.417 e. The molecule has 0 unspecified atom stereocenters. The Kier molecular flexibility index (Phi) is 10.2. The zero-order chi connectivity index (χ0) is 28.5. The first-order valence-corrected chi connectivity index (χ1v) is 13.4. The third kappa shape index (κ3) is 7.24. The zero-order valence-corrected chi connectivity index (χ0v) is 22.7. The fourth-order valence-electron chi connectivity index (χ4n) is 4.60. The second-order valence-electron chi connectivity index (χ2n) is 9.80. The first kappa shape index (κ1) is 29.2. The number of hydrogen-bond donors (Lipinski definition) is 1. The second kappa shape index (κ2) is 14.0. The summed E-state index contributed by atoms with van der Waals surface area (Å²) in [7, 11) is 0. The van der Waals surface area contributed by atoms with Crippen LogP contribution in [-0.4, -0.2) is 65.9 Å². The number of hydrogen-bond acceptors (Lipinski definition) is 8. The molecule has 212 valence electrons. The van der Waals surface area contributed by atoms with E-state index < -0.39 is 42.3 Å². The Morgan fingerprint density at radius 2 is 1.75 bits per heavy atom. The van der Waals surface area contributed by atoms with Gasteiger partial charge in [0.1, 0.15) is 18.0 Å². The summed E-state index contributed by atoms with van der Waals surface area (Å²) in [5.74, 6) is -1.35. The summed E-state index contributed by atoms with van der Waals surface area (Å²) in [5.41, 5.74) is 1.80. The molecule has 0 aliphatic carbocycles. The van der Waals surface area contributed by atoms with Crippen molar-refractivity contribution in [2.75, 3.05) is 19.8 Å². The lowest BCUT2D eigenvalue weighted by atomic mass is 9.95. The Bertz CT molecular complexity index is 1210. The maximum Gasteiger partial charge on any atom is 0.417 e. The normalized spacial score (nSPS) is 23.1. The van der Waals surface area contributed by atoms with E-state index >= 15 is 0 Å². The highest BCUT2D eigenvalue weighted by atomic mass is 16.6. The summed E-state index contributed by atoms with van der Waals surface area (Å²) in [4.78, 5) is 39.6. The molecule has 1 saturated heterocycles. The van der Waals surface area contributed by atoms with Gasteiger partial charge in [-0.2, -0.15) is 0 Å². The molecule has 2 aromatic rings. The minimum atomic E-state index is -1.06. The Balaban J connectivity index is 1.26. The van der Waals surface area contributed by atoms with Crippen LogP contribution in [0.25, 0.3) is 0 Å². The number of amides is 2. The van der Waals surface area contributed by atoms with Gasteiger partial charge in [-0.25, -0.2) is 9.69 Å². The number of cyclic esters (lactones) is 1. The maximum atomic E-state index is 13.3. The van der Waals surface area contributed by atoms with Gasteiger partial charge < -0.3 is 24.1 Å². The van der Waals surface area contributed by atoms with E-state index in [-0.39, 0.29) is 19.0 Å². The van der Waals surface area contributed by atoms with Crippen LogP contribution < -0.4 is 0 Å². The average molecular weight is 550 g/mol. The maximum absolute atomic E-state index is 13.3. The van der Waals surface area contributed by atoms with E-state index in [1.165, 1.54) is 6.08 Å². The van der Waals surface area contributed by atoms with Gasteiger partial charge in [0.2, 0.25) is 5.91 Å². The predicted octanol–water partition coefficient (Wildman–Crippen LogP) is 4.12. The Morgan fingerprint density at radius 1 is 1.05 bits per heavy atom. The third-order valence-corrected chi connectivity index (χ3v) is 6.88. The average Bonchev–Trinajstić information content (AvgIpc) is 3.28. The number of aliphatic hydroxyl groups is 1. The second-order valence-corrected chi connectivity index (χ2v) is 9.80. The van der Waals surface area contributed by atoms with Gasteiger partial charge in [0.05, 0.1) is 38.4 Å². The summed E-state index contributed by atoms with van der Waals surface area (Å²) in [6.07, 6.45) is 2.34. The number of allylic oxidation sites excluding steroid dienone is 1. The molecule has 9 heteroatoms. The van der Waals surface area contributed by atoms with Crippen molar-refractivity contribution in [2.45, 2.75) is 51.2 Å². The number of nitrogens with zero attached hydrogens (tertiary/aromatic N) is 1. The van der Waals surface area contributed by atoms with Gasteiger partial charge in [-0.3, -0.25) is 9.59 Å². The molecule has 9 nitrogen and oxygen atoms in total. The molecule has 0 aromatic heterocycles. The SMILES string of the molecule is C[C@H](C(=O)N1C(=O)O[C@H](c2ccccc2)[C@@H]1C)[C@H]1OC(=CCCOC[C@@H](CO)OCc2ccccc2)C=CC1=O. The number of imide groups is 1. The van der Waals surface area contributed by atoms with Crippen molar-refractivity contribution in [3.63, 3.8) is 0 Å².